The van der Waals surface area contributed by atoms with Gasteiger partial charge >= 0.3 is 0 Å². The van der Waals surface area contributed by atoms with Crippen molar-refractivity contribution in [2.24, 2.45) is 10.9 Å². The lowest BCUT2D eigenvalue weighted by molar-refractivity contribution is 0.764. The van der Waals surface area contributed by atoms with E-state index in [9.17, 15) is 0 Å². The van der Waals surface area contributed by atoms with Gasteiger partial charge in [0, 0.05) is 39.1 Å². The van der Waals surface area contributed by atoms with Gasteiger partial charge in [0.15, 0.2) is 5.96 Å². The van der Waals surface area contributed by atoms with Crippen LogP contribution in [0.1, 0.15) is 18.9 Å². The molecule has 24 heavy (non-hydrogen) atoms. The third-order valence-corrected chi connectivity index (χ3v) is 4.35. The van der Waals surface area contributed by atoms with Crippen LogP contribution >= 0.6 is 24.0 Å². The van der Waals surface area contributed by atoms with Crippen molar-refractivity contribution in [2.75, 3.05) is 26.0 Å². The van der Waals surface area contributed by atoms with Crippen molar-refractivity contribution < 1.29 is 0 Å². The number of rotatable bonds is 4. The van der Waals surface area contributed by atoms with Crippen molar-refractivity contribution in [3.05, 3.63) is 35.9 Å². The number of aromatic nitrogens is 1. The molecule has 2 atom stereocenters. The molecule has 0 saturated heterocycles. The van der Waals surface area contributed by atoms with E-state index in [1.54, 1.807) is 0 Å². The Balaban J connectivity index is 0.00000208. The van der Waals surface area contributed by atoms with Gasteiger partial charge in [0.05, 0.1) is 5.52 Å². The second kappa shape index (κ2) is 8.00. The summed E-state index contributed by atoms with van der Waals surface area (Å²) >= 11 is 0. The number of para-hydroxylation sites is 1. The summed E-state index contributed by atoms with van der Waals surface area (Å²) in [6.45, 7) is 2.98. The fourth-order valence-corrected chi connectivity index (χ4v) is 2.68. The Morgan fingerprint density at radius 3 is 2.67 bits per heavy atom. The summed E-state index contributed by atoms with van der Waals surface area (Å²) in [6.07, 6.45) is 1.23. The van der Waals surface area contributed by atoms with Crippen LogP contribution in [0.3, 0.4) is 0 Å². The predicted molar refractivity (Wildman–Crippen MR) is 112 cm³/mol. The van der Waals surface area contributed by atoms with Crippen LogP contribution in [0, 0.1) is 5.92 Å². The van der Waals surface area contributed by atoms with E-state index in [1.807, 2.05) is 32.1 Å². The minimum atomic E-state index is 0. The molecule has 1 aliphatic carbocycles. The largest absolute Gasteiger partial charge is 0.363 e. The molecule has 0 spiro atoms. The van der Waals surface area contributed by atoms with Crippen molar-refractivity contribution in [2.45, 2.75) is 25.9 Å². The van der Waals surface area contributed by atoms with Crippen LogP contribution in [0.25, 0.3) is 10.9 Å². The van der Waals surface area contributed by atoms with Crippen molar-refractivity contribution >= 4 is 46.7 Å². The summed E-state index contributed by atoms with van der Waals surface area (Å²) in [7, 11) is 5.85. The average molecular weight is 439 g/mol. The smallest absolute Gasteiger partial charge is 0.191 e. The molecule has 130 valence electrons. The van der Waals surface area contributed by atoms with Gasteiger partial charge < -0.3 is 15.5 Å². The normalized spacial score (nSPS) is 19.6. The van der Waals surface area contributed by atoms with Crippen LogP contribution in [-0.2, 0) is 6.54 Å². The van der Waals surface area contributed by atoms with Gasteiger partial charge in [-0.05, 0) is 30.0 Å². The maximum absolute atomic E-state index is 4.70. The van der Waals surface area contributed by atoms with Crippen LogP contribution in [0.15, 0.2) is 35.3 Å². The number of fused-ring (bicyclic) bond motifs is 1. The van der Waals surface area contributed by atoms with Gasteiger partial charge in [0.25, 0.3) is 0 Å². The third kappa shape index (κ3) is 4.28. The molecule has 2 aromatic rings. The molecule has 0 bridgehead atoms. The Bertz CT molecular complexity index is 728. The second-order valence-electron chi connectivity index (χ2n) is 6.44. The van der Waals surface area contributed by atoms with Crippen molar-refractivity contribution in [3.63, 3.8) is 0 Å². The van der Waals surface area contributed by atoms with Crippen LogP contribution in [0.4, 0.5) is 5.82 Å². The van der Waals surface area contributed by atoms with E-state index in [0.717, 1.165) is 29.8 Å². The van der Waals surface area contributed by atoms with Gasteiger partial charge in [-0.2, -0.15) is 0 Å². The highest BCUT2D eigenvalue weighted by Crippen LogP contribution is 2.28. The summed E-state index contributed by atoms with van der Waals surface area (Å²) in [4.78, 5) is 11.1. The number of pyridine rings is 1. The predicted octanol–water partition coefficient (Wildman–Crippen LogP) is 2.99. The molecular formula is C18H26IN5. The summed E-state index contributed by atoms with van der Waals surface area (Å²) in [5.74, 6) is 2.58. The average Bonchev–Trinajstić information content (AvgIpc) is 3.25. The Morgan fingerprint density at radius 1 is 1.33 bits per heavy atom. The molecule has 3 rings (SSSR count). The SMILES string of the molecule is CN=C(NCc1cc(N(C)C)nc2ccccc12)NC1CC1C.I. The highest BCUT2D eigenvalue weighted by Gasteiger charge is 2.33. The fourth-order valence-electron chi connectivity index (χ4n) is 2.68. The minimum absolute atomic E-state index is 0. The maximum Gasteiger partial charge on any atom is 0.191 e. The molecule has 1 aliphatic rings. The van der Waals surface area contributed by atoms with Gasteiger partial charge in [-0.3, -0.25) is 4.99 Å². The first-order valence-corrected chi connectivity index (χ1v) is 8.11. The standard InChI is InChI=1S/C18H25N5.HI/c1-12-9-16(12)22-18(19-2)20-11-13-10-17(23(3)4)21-15-8-6-5-7-14(13)15;/h5-8,10,12,16H,9,11H2,1-4H3,(H2,19,20,22);1H. The van der Waals surface area contributed by atoms with E-state index >= 15 is 0 Å². The van der Waals surface area contributed by atoms with Crippen molar-refractivity contribution in [1.82, 2.24) is 15.6 Å². The number of anilines is 1. The molecular weight excluding hydrogens is 413 g/mol. The number of aliphatic imine (C=N–C) groups is 1. The second-order valence-corrected chi connectivity index (χ2v) is 6.44. The monoisotopic (exact) mass is 439 g/mol. The number of halogens is 1. The molecule has 6 heteroatoms. The Labute approximate surface area is 161 Å². The molecule has 1 fully saturated rings. The number of hydrogen-bond donors (Lipinski definition) is 2. The first-order valence-electron chi connectivity index (χ1n) is 8.11. The highest BCUT2D eigenvalue weighted by atomic mass is 127. The lowest BCUT2D eigenvalue weighted by Gasteiger charge is -2.17. The van der Waals surface area contributed by atoms with Crippen LogP contribution in [-0.4, -0.2) is 38.1 Å². The molecule has 0 amide bonds. The zero-order chi connectivity index (χ0) is 16.4. The van der Waals surface area contributed by atoms with E-state index in [-0.39, 0.29) is 24.0 Å². The number of nitrogens with one attached hydrogen (secondary N) is 2. The van der Waals surface area contributed by atoms with Gasteiger partial charge in [-0.1, -0.05) is 25.1 Å². The Kier molecular flexibility index (Phi) is 6.26. The minimum Gasteiger partial charge on any atom is -0.363 e. The molecule has 1 aromatic carbocycles. The molecule has 5 nitrogen and oxygen atoms in total. The van der Waals surface area contributed by atoms with E-state index in [0.29, 0.717) is 6.04 Å². The van der Waals surface area contributed by atoms with Crippen molar-refractivity contribution in [1.29, 1.82) is 0 Å². The van der Waals surface area contributed by atoms with Gasteiger partial charge in [-0.25, -0.2) is 4.98 Å². The maximum atomic E-state index is 4.70. The zero-order valence-electron chi connectivity index (χ0n) is 14.7. The number of benzene rings is 1. The molecule has 2 unspecified atom stereocenters. The highest BCUT2D eigenvalue weighted by molar-refractivity contribution is 14.0. The van der Waals surface area contributed by atoms with E-state index in [1.165, 1.54) is 17.4 Å². The lowest BCUT2D eigenvalue weighted by atomic mass is 10.1. The van der Waals surface area contributed by atoms with Crippen LogP contribution < -0.4 is 15.5 Å². The van der Waals surface area contributed by atoms with Gasteiger partial charge in [-0.15, -0.1) is 24.0 Å². The summed E-state index contributed by atoms with van der Waals surface area (Å²) in [6, 6.07) is 11.0. The molecule has 2 N–H and O–H groups in total. The fraction of sp³-hybridized carbons (Fsp3) is 0.444. The van der Waals surface area contributed by atoms with Crippen LogP contribution in [0.2, 0.25) is 0 Å². The van der Waals surface area contributed by atoms with Crippen molar-refractivity contribution in [3.8, 4) is 0 Å². The summed E-state index contributed by atoms with van der Waals surface area (Å²) < 4.78 is 0. The van der Waals surface area contributed by atoms with Gasteiger partial charge in [0.1, 0.15) is 5.82 Å². The number of hydrogen-bond acceptors (Lipinski definition) is 3. The molecule has 1 saturated carbocycles. The molecule has 1 aromatic heterocycles. The van der Waals surface area contributed by atoms with E-state index in [4.69, 9.17) is 4.98 Å². The molecule has 0 aliphatic heterocycles. The Morgan fingerprint density at radius 2 is 2.04 bits per heavy atom. The zero-order valence-corrected chi connectivity index (χ0v) is 17.0. The first-order chi connectivity index (χ1) is 11.1. The first kappa shape index (κ1) is 18.8. The van der Waals surface area contributed by atoms with E-state index < -0.39 is 0 Å². The number of guanidine groups is 1. The summed E-state index contributed by atoms with van der Waals surface area (Å²) in [5, 5.41) is 8.07. The Hall–Kier alpha value is -1.57. The van der Waals surface area contributed by atoms with Gasteiger partial charge in [0.2, 0.25) is 0 Å². The van der Waals surface area contributed by atoms with Crippen LogP contribution in [0.5, 0.6) is 0 Å². The summed E-state index contributed by atoms with van der Waals surface area (Å²) in [5.41, 5.74) is 2.25. The van der Waals surface area contributed by atoms with E-state index in [2.05, 4.69) is 46.8 Å². The number of nitrogens with zero attached hydrogens (tertiary/aromatic N) is 3. The lowest BCUT2D eigenvalue weighted by Crippen LogP contribution is -2.38. The molecule has 1 heterocycles. The topological polar surface area (TPSA) is 52.6 Å². The third-order valence-electron chi connectivity index (χ3n) is 4.35. The molecule has 0 radical (unpaired) electrons. The quantitative estimate of drug-likeness (QED) is 0.437.